The van der Waals surface area contributed by atoms with Crippen molar-refractivity contribution in [2.45, 2.75) is 32.9 Å². The predicted molar refractivity (Wildman–Crippen MR) is 82.7 cm³/mol. The fourth-order valence-corrected chi connectivity index (χ4v) is 3.03. The Bertz CT molecular complexity index is 554. The summed E-state index contributed by atoms with van der Waals surface area (Å²) in [6.45, 7) is 4.55. The van der Waals surface area contributed by atoms with Crippen molar-refractivity contribution in [2.24, 2.45) is 5.73 Å². The molecule has 0 bridgehead atoms. The van der Waals surface area contributed by atoms with E-state index in [1.165, 1.54) is 5.56 Å². The van der Waals surface area contributed by atoms with Crippen molar-refractivity contribution in [1.82, 2.24) is 4.98 Å². The molecule has 0 saturated heterocycles. The highest BCUT2D eigenvalue weighted by atomic mass is 79.9. The molecule has 0 spiro atoms. The summed E-state index contributed by atoms with van der Waals surface area (Å²) in [5, 5.41) is 1.06. The topological polar surface area (TPSA) is 48.1 Å². The highest BCUT2D eigenvalue weighted by Gasteiger charge is 2.06. The van der Waals surface area contributed by atoms with Gasteiger partial charge in [-0.2, -0.15) is 0 Å². The Morgan fingerprint density at radius 2 is 2.26 bits per heavy atom. The number of benzene rings is 1. The molecule has 5 heteroatoms. The SMILES string of the molecule is Cc1ncc(COc2ccc(CC(C)N)cc2Br)s1. The summed E-state index contributed by atoms with van der Waals surface area (Å²) >= 11 is 5.19. The smallest absolute Gasteiger partial charge is 0.134 e. The summed E-state index contributed by atoms with van der Waals surface area (Å²) in [5.74, 6) is 0.847. The normalized spacial score (nSPS) is 12.4. The summed E-state index contributed by atoms with van der Waals surface area (Å²) in [4.78, 5) is 5.34. The fraction of sp³-hybridized carbons (Fsp3) is 0.357. The van der Waals surface area contributed by atoms with Gasteiger partial charge in [0.2, 0.25) is 0 Å². The summed E-state index contributed by atoms with van der Waals surface area (Å²) in [5.41, 5.74) is 7.01. The Kier molecular flexibility index (Phi) is 4.96. The van der Waals surface area contributed by atoms with E-state index in [1.54, 1.807) is 11.3 Å². The maximum atomic E-state index is 5.80. The molecule has 0 saturated carbocycles. The van der Waals surface area contributed by atoms with Crippen molar-refractivity contribution < 1.29 is 4.74 Å². The molecule has 102 valence electrons. The van der Waals surface area contributed by atoms with E-state index >= 15 is 0 Å². The highest BCUT2D eigenvalue weighted by Crippen LogP contribution is 2.27. The molecule has 0 aliphatic heterocycles. The number of halogens is 1. The van der Waals surface area contributed by atoms with Gasteiger partial charge in [-0.05, 0) is 53.9 Å². The Morgan fingerprint density at radius 3 is 2.84 bits per heavy atom. The number of hydrogen-bond acceptors (Lipinski definition) is 4. The van der Waals surface area contributed by atoms with E-state index in [1.807, 2.05) is 26.1 Å². The molecular weight excluding hydrogens is 324 g/mol. The number of ether oxygens (including phenoxy) is 1. The maximum Gasteiger partial charge on any atom is 0.134 e. The molecule has 2 aromatic rings. The van der Waals surface area contributed by atoms with Crippen LogP contribution in [0.5, 0.6) is 5.75 Å². The van der Waals surface area contributed by atoms with Crippen LogP contribution in [0.25, 0.3) is 0 Å². The quantitative estimate of drug-likeness (QED) is 0.902. The molecule has 1 aromatic heterocycles. The molecule has 0 aliphatic carbocycles. The zero-order chi connectivity index (χ0) is 13.8. The molecule has 1 unspecified atom stereocenters. The van der Waals surface area contributed by atoms with Crippen LogP contribution in [0.2, 0.25) is 0 Å². The molecule has 2 N–H and O–H groups in total. The van der Waals surface area contributed by atoms with Crippen LogP contribution in [0.3, 0.4) is 0 Å². The van der Waals surface area contributed by atoms with Gasteiger partial charge in [-0.15, -0.1) is 11.3 Å². The number of hydrogen-bond donors (Lipinski definition) is 1. The van der Waals surface area contributed by atoms with Crippen LogP contribution in [-0.2, 0) is 13.0 Å². The zero-order valence-electron chi connectivity index (χ0n) is 11.0. The van der Waals surface area contributed by atoms with Gasteiger partial charge < -0.3 is 10.5 Å². The van der Waals surface area contributed by atoms with Crippen molar-refractivity contribution >= 4 is 27.3 Å². The van der Waals surface area contributed by atoms with Gasteiger partial charge in [0.25, 0.3) is 0 Å². The second kappa shape index (κ2) is 6.50. The van der Waals surface area contributed by atoms with Crippen LogP contribution in [0, 0.1) is 6.92 Å². The molecule has 0 radical (unpaired) electrons. The largest absolute Gasteiger partial charge is 0.487 e. The number of nitrogens with two attached hydrogens (primary N) is 1. The van der Waals surface area contributed by atoms with Gasteiger partial charge in [-0.3, -0.25) is 0 Å². The molecule has 19 heavy (non-hydrogen) atoms. The van der Waals surface area contributed by atoms with Gasteiger partial charge in [0.05, 0.1) is 14.4 Å². The molecule has 2 rings (SSSR count). The van der Waals surface area contributed by atoms with Crippen LogP contribution in [0.15, 0.2) is 28.9 Å². The second-order valence-electron chi connectivity index (χ2n) is 4.58. The van der Waals surface area contributed by atoms with Crippen molar-refractivity contribution in [3.05, 3.63) is 44.3 Å². The lowest BCUT2D eigenvalue weighted by Gasteiger charge is -2.10. The third-order valence-electron chi connectivity index (χ3n) is 2.59. The van der Waals surface area contributed by atoms with Gasteiger partial charge in [0.15, 0.2) is 0 Å². The third kappa shape index (κ3) is 4.30. The average molecular weight is 341 g/mol. The zero-order valence-corrected chi connectivity index (χ0v) is 13.4. The van der Waals surface area contributed by atoms with Crippen LogP contribution < -0.4 is 10.5 Å². The summed E-state index contributed by atoms with van der Waals surface area (Å²) in [7, 11) is 0. The van der Waals surface area contributed by atoms with E-state index < -0.39 is 0 Å². The van der Waals surface area contributed by atoms with Gasteiger partial charge in [0.1, 0.15) is 12.4 Å². The minimum Gasteiger partial charge on any atom is -0.487 e. The first-order valence-corrected chi connectivity index (χ1v) is 7.73. The lowest BCUT2D eigenvalue weighted by Crippen LogP contribution is -2.17. The number of rotatable bonds is 5. The van der Waals surface area contributed by atoms with Crippen molar-refractivity contribution in [2.75, 3.05) is 0 Å². The second-order valence-corrected chi connectivity index (χ2v) is 6.75. The first kappa shape index (κ1) is 14.5. The van der Waals surface area contributed by atoms with E-state index in [0.717, 1.165) is 26.5 Å². The minimum absolute atomic E-state index is 0.166. The predicted octanol–water partition coefficient (Wildman–Crippen LogP) is 3.68. The van der Waals surface area contributed by atoms with E-state index in [4.69, 9.17) is 10.5 Å². The first-order valence-electron chi connectivity index (χ1n) is 6.12. The van der Waals surface area contributed by atoms with Gasteiger partial charge in [0, 0.05) is 12.2 Å². The van der Waals surface area contributed by atoms with Crippen molar-refractivity contribution in [3.8, 4) is 5.75 Å². The lowest BCUT2D eigenvalue weighted by atomic mass is 10.1. The lowest BCUT2D eigenvalue weighted by molar-refractivity contribution is 0.307. The summed E-state index contributed by atoms with van der Waals surface area (Å²) < 4.78 is 6.75. The monoisotopic (exact) mass is 340 g/mol. The number of nitrogens with zero attached hydrogens (tertiary/aromatic N) is 1. The molecular formula is C14H17BrN2OS. The van der Waals surface area contributed by atoms with Gasteiger partial charge >= 0.3 is 0 Å². The minimum atomic E-state index is 0.166. The maximum absolute atomic E-state index is 5.80. The van der Waals surface area contributed by atoms with Crippen LogP contribution in [0.4, 0.5) is 0 Å². The summed E-state index contributed by atoms with van der Waals surface area (Å²) in [6.07, 6.45) is 2.73. The number of thiazole rings is 1. The molecule has 1 atom stereocenters. The van der Waals surface area contributed by atoms with Crippen molar-refractivity contribution in [3.63, 3.8) is 0 Å². The third-order valence-corrected chi connectivity index (χ3v) is 4.10. The fourth-order valence-electron chi connectivity index (χ4n) is 1.78. The van der Waals surface area contributed by atoms with Crippen LogP contribution in [0.1, 0.15) is 22.4 Å². The molecule has 1 aromatic carbocycles. The molecule has 0 aliphatic rings. The van der Waals surface area contributed by atoms with E-state index in [-0.39, 0.29) is 6.04 Å². The Morgan fingerprint density at radius 1 is 1.47 bits per heavy atom. The molecule has 0 amide bonds. The number of aryl methyl sites for hydroxylation is 1. The van der Waals surface area contributed by atoms with Crippen LogP contribution >= 0.6 is 27.3 Å². The molecule has 3 nitrogen and oxygen atoms in total. The Balaban J connectivity index is 2.00. The number of aromatic nitrogens is 1. The molecule has 0 fully saturated rings. The summed E-state index contributed by atoms with van der Waals surface area (Å²) in [6, 6.07) is 6.27. The molecule has 1 heterocycles. The van der Waals surface area contributed by atoms with Gasteiger partial charge in [-0.1, -0.05) is 6.07 Å². The van der Waals surface area contributed by atoms with E-state index in [9.17, 15) is 0 Å². The van der Waals surface area contributed by atoms with Crippen molar-refractivity contribution in [1.29, 1.82) is 0 Å². The Labute approximate surface area is 125 Å². The standard InChI is InChI=1S/C14H17BrN2OS/c1-9(16)5-11-3-4-14(13(15)6-11)18-8-12-7-17-10(2)19-12/h3-4,6-7,9H,5,8,16H2,1-2H3. The van der Waals surface area contributed by atoms with E-state index in [0.29, 0.717) is 6.61 Å². The van der Waals surface area contributed by atoms with Gasteiger partial charge in [-0.25, -0.2) is 4.98 Å². The Hall–Kier alpha value is -0.910. The van der Waals surface area contributed by atoms with E-state index in [2.05, 4.69) is 33.0 Å². The highest BCUT2D eigenvalue weighted by molar-refractivity contribution is 9.10. The first-order chi connectivity index (χ1) is 9.04. The average Bonchev–Trinajstić information content (AvgIpc) is 2.73. The van der Waals surface area contributed by atoms with Crippen LogP contribution in [-0.4, -0.2) is 11.0 Å².